The number of likely N-dealkylation sites (tertiary alicyclic amines) is 1. The van der Waals surface area contributed by atoms with Gasteiger partial charge in [-0.25, -0.2) is 13.1 Å². The molecule has 0 aromatic rings. The van der Waals surface area contributed by atoms with E-state index in [1.54, 1.807) is 18.7 Å². The average Bonchev–Trinajstić information content (AvgIpc) is 2.38. The predicted octanol–water partition coefficient (Wildman–Crippen LogP) is 0.468. The number of rotatable bonds is 7. The normalized spacial score (nSPS) is 21.8. The number of aliphatic hydroxyl groups is 1. The fourth-order valence-electron chi connectivity index (χ4n) is 2.64. The number of nitrogens with zero attached hydrogens (tertiary/aromatic N) is 1. The molecular weight excluding hydrogens is 280 g/mol. The smallest absolute Gasteiger partial charge is 0.240 e. The fourth-order valence-corrected chi connectivity index (χ4v) is 3.93. The van der Waals surface area contributed by atoms with Gasteiger partial charge in [-0.1, -0.05) is 6.92 Å². The molecular formula is C13H26N2O4S. The molecule has 1 saturated heterocycles. The molecule has 6 nitrogen and oxygen atoms in total. The molecule has 118 valence electrons. The first-order valence-corrected chi connectivity index (χ1v) is 8.98. The van der Waals surface area contributed by atoms with Crippen molar-refractivity contribution in [3.05, 3.63) is 0 Å². The molecule has 1 aliphatic heterocycles. The molecule has 0 spiro atoms. The summed E-state index contributed by atoms with van der Waals surface area (Å²) in [4.78, 5) is 14.1. The van der Waals surface area contributed by atoms with Gasteiger partial charge in [-0.2, -0.15) is 0 Å². The molecule has 7 heteroatoms. The maximum absolute atomic E-state index is 12.4. The fraction of sp³-hybridized carbons (Fsp3) is 0.923. The third-order valence-electron chi connectivity index (χ3n) is 3.57. The minimum Gasteiger partial charge on any atom is -0.396 e. The minimum absolute atomic E-state index is 0.0272. The third-order valence-corrected chi connectivity index (χ3v) is 5.23. The number of nitrogens with one attached hydrogen (secondary N) is 1. The summed E-state index contributed by atoms with van der Waals surface area (Å²) in [5.41, 5.74) is 0. The number of aliphatic hydroxyl groups excluding tert-OH is 1. The number of hydrogen-bond acceptors (Lipinski definition) is 4. The van der Waals surface area contributed by atoms with Crippen LogP contribution in [0, 0.1) is 0 Å². The first-order valence-electron chi connectivity index (χ1n) is 7.32. The van der Waals surface area contributed by atoms with Crippen LogP contribution in [0.25, 0.3) is 0 Å². The van der Waals surface area contributed by atoms with Crippen LogP contribution in [0.2, 0.25) is 0 Å². The quantitative estimate of drug-likeness (QED) is 0.716. The molecule has 1 heterocycles. The highest BCUT2D eigenvalue weighted by Crippen LogP contribution is 2.20. The van der Waals surface area contributed by atoms with Crippen LogP contribution < -0.4 is 4.72 Å². The van der Waals surface area contributed by atoms with Crippen molar-refractivity contribution < 1.29 is 18.3 Å². The minimum atomic E-state index is -3.39. The van der Waals surface area contributed by atoms with E-state index in [1.807, 2.05) is 0 Å². The Hall–Kier alpha value is -0.660. The van der Waals surface area contributed by atoms with E-state index in [4.69, 9.17) is 5.11 Å². The van der Waals surface area contributed by atoms with Gasteiger partial charge in [0, 0.05) is 19.2 Å². The monoisotopic (exact) mass is 306 g/mol. The molecule has 2 unspecified atom stereocenters. The summed E-state index contributed by atoms with van der Waals surface area (Å²) in [6, 6.07) is -0.717. The molecule has 2 N–H and O–H groups in total. The lowest BCUT2D eigenvalue weighted by Crippen LogP contribution is -2.52. The molecule has 1 rings (SSSR count). The van der Waals surface area contributed by atoms with Crippen molar-refractivity contribution in [2.24, 2.45) is 0 Å². The molecule has 0 radical (unpaired) electrons. The van der Waals surface area contributed by atoms with Crippen molar-refractivity contribution in [1.29, 1.82) is 0 Å². The second-order valence-electron chi connectivity index (χ2n) is 5.35. The zero-order chi connectivity index (χ0) is 15.2. The van der Waals surface area contributed by atoms with Crippen molar-refractivity contribution >= 4 is 15.9 Å². The van der Waals surface area contributed by atoms with Gasteiger partial charge in [0.1, 0.15) is 0 Å². The van der Waals surface area contributed by atoms with E-state index in [0.29, 0.717) is 19.4 Å². The average molecular weight is 306 g/mol. The van der Waals surface area contributed by atoms with Crippen LogP contribution in [0.1, 0.15) is 46.0 Å². The predicted molar refractivity (Wildman–Crippen MR) is 77.7 cm³/mol. The van der Waals surface area contributed by atoms with E-state index in [0.717, 1.165) is 19.3 Å². The lowest BCUT2D eigenvalue weighted by molar-refractivity contribution is -0.136. The number of carbonyl (C=O) groups excluding carboxylic acids is 1. The summed E-state index contributed by atoms with van der Waals surface area (Å²) in [5.74, 6) is -0.159. The summed E-state index contributed by atoms with van der Waals surface area (Å²) in [7, 11) is -3.39. The van der Waals surface area contributed by atoms with Gasteiger partial charge in [-0.3, -0.25) is 4.79 Å². The highest BCUT2D eigenvalue weighted by molar-refractivity contribution is 7.89. The van der Waals surface area contributed by atoms with Crippen molar-refractivity contribution in [3.8, 4) is 0 Å². The topological polar surface area (TPSA) is 86.7 Å². The Balaban J connectivity index is 2.66. The van der Waals surface area contributed by atoms with Crippen LogP contribution in [0.15, 0.2) is 0 Å². The van der Waals surface area contributed by atoms with Gasteiger partial charge >= 0.3 is 0 Å². The van der Waals surface area contributed by atoms with Crippen molar-refractivity contribution in [1.82, 2.24) is 9.62 Å². The summed E-state index contributed by atoms with van der Waals surface area (Å²) < 4.78 is 25.9. The second kappa shape index (κ2) is 7.95. The standard InChI is InChI=1S/C13H26N2O4S/c1-3-10-20(18,19)14-11(2)13(17)15-8-5-4-6-12(15)7-9-16/h11-12,14,16H,3-10H2,1-2H3. The molecule has 1 aliphatic rings. The van der Waals surface area contributed by atoms with Gasteiger partial charge in [-0.15, -0.1) is 0 Å². The number of amides is 1. The van der Waals surface area contributed by atoms with Gasteiger partial charge in [0.25, 0.3) is 0 Å². The van der Waals surface area contributed by atoms with E-state index in [2.05, 4.69) is 4.72 Å². The van der Waals surface area contributed by atoms with E-state index in [1.165, 1.54) is 0 Å². The summed E-state index contributed by atoms with van der Waals surface area (Å²) in [6.07, 6.45) is 3.93. The Bertz CT molecular complexity index is 409. The molecule has 2 atom stereocenters. The van der Waals surface area contributed by atoms with Crippen LogP contribution in [0.4, 0.5) is 0 Å². The summed E-state index contributed by atoms with van der Waals surface area (Å²) >= 11 is 0. The van der Waals surface area contributed by atoms with Gasteiger partial charge in [0.2, 0.25) is 15.9 Å². The van der Waals surface area contributed by atoms with Gasteiger partial charge < -0.3 is 10.0 Å². The Labute approximate surface area is 121 Å². The van der Waals surface area contributed by atoms with Crippen molar-refractivity contribution in [2.75, 3.05) is 18.9 Å². The van der Waals surface area contributed by atoms with Crippen molar-refractivity contribution in [3.63, 3.8) is 0 Å². The highest BCUT2D eigenvalue weighted by Gasteiger charge is 2.30. The maximum Gasteiger partial charge on any atom is 0.240 e. The van der Waals surface area contributed by atoms with E-state index in [-0.39, 0.29) is 24.3 Å². The Kier molecular flexibility index (Phi) is 6.91. The van der Waals surface area contributed by atoms with E-state index in [9.17, 15) is 13.2 Å². The molecule has 0 bridgehead atoms. The largest absolute Gasteiger partial charge is 0.396 e. The molecule has 1 fully saturated rings. The van der Waals surface area contributed by atoms with E-state index >= 15 is 0 Å². The van der Waals surface area contributed by atoms with Crippen LogP contribution in [-0.4, -0.2) is 55.3 Å². The third kappa shape index (κ3) is 5.03. The number of hydrogen-bond donors (Lipinski definition) is 2. The molecule has 20 heavy (non-hydrogen) atoms. The lowest BCUT2D eigenvalue weighted by atomic mass is 9.99. The van der Waals surface area contributed by atoms with Crippen LogP contribution in [0.5, 0.6) is 0 Å². The molecule has 0 saturated carbocycles. The van der Waals surface area contributed by atoms with Crippen LogP contribution in [0.3, 0.4) is 0 Å². The summed E-state index contributed by atoms with van der Waals surface area (Å²) in [5, 5.41) is 9.06. The molecule has 0 aliphatic carbocycles. The molecule has 0 aromatic heterocycles. The maximum atomic E-state index is 12.4. The number of piperidine rings is 1. The van der Waals surface area contributed by atoms with Gasteiger partial charge in [-0.05, 0) is 39.0 Å². The summed E-state index contributed by atoms with van der Waals surface area (Å²) in [6.45, 7) is 4.06. The van der Waals surface area contributed by atoms with Crippen LogP contribution in [-0.2, 0) is 14.8 Å². The van der Waals surface area contributed by atoms with Crippen LogP contribution >= 0.6 is 0 Å². The Morgan fingerprint density at radius 3 is 2.75 bits per heavy atom. The Morgan fingerprint density at radius 2 is 2.15 bits per heavy atom. The number of sulfonamides is 1. The SMILES string of the molecule is CCCS(=O)(=O)NC(C)C(=O)N1CCCCC1CCO. The molecule has 0 aromatic carbocycles. The first kappa shape index (κ1) is 17.4. The lowest BCUT2D eigenvalue weighted by Gasteiger charge is -2.37. The van der Waals surface area contributed by atoms with E-state index < -0.39 is 16.1 Å². The second-order valence-corrected chi connectivity index (χ2v) is 7.23. The zero-order valence-corrected chi connectivity index (χ0v) is 13.2. The highest BCUT2D eigenvalue weighted by atomic mass is 32.2. The van der Waals surface area contributed by atoms with Gasteiger partial charge in [0.05, 0.1) is 11.8 Å². The Morgan fingerprint density at radius 1 is 1.45 bits per heavy atom. The first-order chi connectivity index (χ1) is 9.41. The zero-order valence-electron chi connectivity index (χ0n) is 12.3. The van der Waals surface area contributed by atoms with Crippen molar-refractivity contribution in [2.45, 2.75) is 58.0 Å². The van der Waals surface area contributed by atoms with Gasteiger partial charge in [0.15, 0.2) is 0 Å². The molecule has 1 amide bonds. The number of carbonyl (C=O) groups is 1.